The Morgan fingerprint density at radius 2 is 2.14 bits per heavy atom. The predicted molar refractivity (Wildman–Crippen MR) is 56.9 cm³/mol. The average Bonchev–Trinajstić information content (AvgIpc) is 2.09. The standard InChI is InChI=1S/C10H22N2O2/c1-8(2)9(7-14-3)12-6-4-5-10(11)13/h8-9,12H,4-7H2,1-3H3,(H2,11,13). The molecule has 0 aliphatic carbocycles. The van der Waals surface area contributed by atoms with Gasteiger partial charge in [0.1, 0.15) is 0 Å². The molecule has 0 radical (unpaired) electrons. The second kappa shape index (κ2) is 7.76. The van der Waals surface area contributed by atoms with E-state index in [1.54, 1.807) is 7.11 Å². The normalized spacial score (nSPS) is 13.1. The summed E-state index contributed by atoms with van der Waals surface area (Å²) in [6, 6.07) is 0.355. The Balaban J connectivity index is 3.55. The van der Waals surface area contributed by atoms with Gasteiger partial charge in [-0.05, 0) is 18.9 Å². The van der Waals surface area contributed by atoms with E-state index in [1.807, 2.05) is 0 Å². The van der Waals surface area contributed by atoms with Gasteiger partial charge in [0.25, 0.3) is 0 Å². The highest BCUT2D eigenvalue weighted by molar-refractivity contribution is 5.73. The first-order chi connectivity index (χ1) is 6.57. The lowest BCUT2D eigenvalue weighted by Gasteiger charge is -2.21. The maximum absolute atomic E-state index is 10.5. The molecule has 0 heterocycles. The van der Waals surface area contributed by atoms with Crippen LogP contribution in [0.1, 0.15) is 26.7 Å². The summed E-state index contributed by atoms with van der Waals surface area (Å²) in [7, 11) is 1.69. The summed E-state index contributed by atoms with van der Waals surface area (Å²) < 4.78 is 5.09. The third-order valence-corrected chi connectivity index (χ3v) is 2.16. The lowest BCUT2D eigenvalue weighted by atomic mass is 10.1. The highest BCUT2D eigenvalue weighted by atomic mass is 16.5. The van der Waals surface area contributed by atoms with Crippen molar-refractivity contribution in [3.8, 4) is 0 Å². The first-order valence-corrected chi connectivity index (χ1v) is 5.08. The summed E-state index contributed by atoms with van der Waals surface area (Å²) in [4.78, 5) is 10.5. The number of methoxy groups -OCH3 is 1. The van der Waals surface area contributed by atoms with Gasteiger partial charge in [0.15, 0.2) is 0 Å². The monoisotopic (exact) mass is 202 g/mol. The second-order valence-corrected chi connectivity index (χ2v) is 3.83. The van der Waals surface area contributed by atoms with Gasteiger partial charge in [-0.3, -0.25) is 4.79 Å². The molecular formula is C10H22N2O2. The molecule has 0 saturated carbocycles. The van der Waals surface area contributed by atoms with Crippen LogP contribution in [0.3, 0.4) is 0 Å². The zero-order valence-corrected chi connectivity index (χ0v) is 9.38. The van der Waals surface area contributed by atoms with Gasteiger partial charge in [0, 0.05) is 19.6 Å². The molecule has 0 bridgehead atoms. The summed E-state index contributed by atoms with van der Waals surface area (Å²) in [5, 5.41) is 3.34. The maximum Gasteiger partial charge on any atom is 0.217 e. The van der Waals surface area contributed by atoms with Crippen LogP contribution >= 0.6 is 0 Å². The maximum atomic E-state index is 10.5. The molecule has 3 N–H and O–H groups in total. The number of nitrogens with one attached hydrogen (secondary N) is 1. The van der Waals surface area contributed by atoms with E-state index in [2.05, 4.69) is 19.2 Å². The van der Waals surface area contributed by atoms with Crippen LogP contribution in [0.25, 0.3) is 0 Å². The number of nitrogens with two attached hydrogens (primary N) is 1. The van der Waals surface area contributed by atoms with Crippen LogP contribution in [0.4, 0.5) is 0 Å². The van der Waals surface area contributed by atoms with Crippen molar-refractivity contribution in [3.05, 3.63) is 0 Å². The Kier molecular flexibility index (Phi) is 7.42. The lowest BCUT2D eigenvalue weighted by Crippen LogP contribution is -2.38. The van der Waals surface area contributed by atoms with E-state index in [-0.39, 0.29) is 5.91 Å². The van der Waals surface area contributed by atoms with E-state index >= 15 is 0 Å². The van der Waals surface area contributed by atoms with Crippen LogP contribution in [-0.2, 0) is 9.53 Å². The molecule has 84 valence electrons. The number of carbonyl (C=O) groups is 1. The van der Waals surface area contributed by atoms with E-state index in [1.165, 1.54) is 0 Å². The van der Waals surface area contributed by atoms with Crippen molar-refractivity contribution in [2.75, 3.05) is 20.3 Å². The Bertz CT molecular complexity index is 160. The summed E-state index contributed by atoms with van der Waals surface area (Å²) in [6.45, 7) is 5.80. The fraction of sp³-hybridized carbons (Fsp3) is 0.900. The number of carbonyl (C=O) groups excluding carboxylic acids is 1. The van der Waals surface area contributed by atoms with Crippen LogP contribution in [0.5, 0.6) is 0 Å². The lowest BCUT2D eigenvalue weighted by molar-refractivity contribution is -0.118. The SMILES string of the molecule is COCC(NCCCC(N)=O)C(C)C. The highest BCUT2D eigenvalue weighted by Crippen LogP contribution is 2.01. The molecule has 14 heavy (non-hydrogen) atoms. The fourth-order valence-corrected chi connectivity index (χ4v) is 1.22. The van der Waals surface area contributed by atoms with Gasteiger partial charge >= 0.3 is 0 Å². The van der Waals surface area contributed by atoms with Crippen LogP contribution < -0.4 is 11.1 Å². The van der Waals surface area contributed by atoms with Crippen molar-refractivity contribution in [3.63, 3.8) is 0 Å². The van der Waals surface area contributed by atoms with E-state index in [0.717, 1.165) is 13.0 Å². The van der Waals surface area contributed by atoms with Gasteiger partial charge < -0.3 is 15.8 Å². The van der Waals surface area contributed by atoms with E-state index < -0.39 is 0 Å². The predicted octanol–water partition coefficient (Wildman–Crippen LogP) is 0.513. The van der Waals surface area contributed by atoms with Crippen molar-refractivity contribution >= 4 is 5.91 Å². The van der Waals surface area contributed by atoms with Gasteiger partial charge in [-0.1, -0.05) is 13.8 Å². The molecule has 0 aromatic carbocycles. The number of amides is 1. The highest BCUT2D eigenvalue weighted by Gasteiger charge is 2.11. The molecule has 0 aliphatic heterocycles. The molecule has 0 aliphatic rings. The zero-order chi connectivity index (χ0) is 11.0. The van der Waals surface area contributed by atoms with E-state index in [0.29, 0.717) is 25.0 Å². The zero-order valence-electron chi connectivity index (χ0n) is 9.38. The van der Waals surface area contributed by atoms with Gasteiger partial charge in [-0.2, -0.15) is 0 Å². The summed E-state index contributed by atoms with van der Waals surface area (Å²) in [6.07, 6.45) is 1.24. The molecule has 0 rings (SSSR count). The third kappa shape index (κ3) is 6.86. The van der Waals surface area contributed by atoms with Gasteiger partial charge in [-0.15, -0.1) is 0 Å². The van der Waals surface area contributed by atoms with Crippen molar-refractivity contribution in [2.45, 2.75) is 32.7 Å². The smallest absolute Gasteiger partial charge is 0.217 e. The minimum absolute atomic E-state index is 0.236. The minimum atomic E-state index is -0.236. The first kappa shape index (κ1) is 13.4. The van der Waals surface area contributed by atoms with Gasteiger partial charge in [0.05, 0.1) is 6.61 Å². The summed E-state index contributed by atoms with van der Waals surface area (Å²) in [5.74, 6) is 0.295. The summed E-state index contributed by atoms with van der Waals surface area (Å²) in [5.41, 5.74) is 5.04. The van der Waals surface area contributed by atoms with Crippen molar-refractivity contribution in [1.29, 1.82) is 0 Å². The molecule has 1 amide bonds. The molecule has 0 aromatic rings. The van der Waals surface area contributed by atoms with Gasteiger partial charge in [0.2, 0.25) is 5.91 Å². The number of hydrogen-bond acceptors (Lipinski definition) is 3. The first-order valence-electron chi connectivity index (χ1n) is 5.08. The van der Waals surface area contributed by atoms with Crippen molar-refractivity contribution < 1.29 is 9.53 Å². The number of rotatable bonds is 8. The Morgan fingerprint density at radius 3 is 2.57 bits per heavy atom. The van der Waals surface area contributed by atoms with Crippen molar-refractivity contribution in [2.24, 2.45) is 11.7 Å². The van der Waals surface area contributed by atoms with Crippen LogP contribution in [0.15, 0.2) is 0 Å². The minimum Gasteiger partial charge on any atom is -0.383 e. The average molecular weight is 202 g/mol. The fourth-order valence-electron chi connectivity index (χ4n) is 1.22. The second-order valence-electron chi connectivity index (χ2n) is 3.83. The third-order valence-electron chi connectivity index (χ3n) is 2.16. The Hall–Kier alpha value is -0.610. The molecule has 0 spiro atoms. The molecule has 4 nitrogen and oxygen atoms in total. The number of ether oxygens (including phenoxy) is 1. The molecule has 4 heteroatoms. The summed E-state index contributed by atoms with van der Waals surface area (Å²) >= 11 is 0. The van der Waals surface area contributed by atoms with E-state index in [4.69, 9.17) is 10.5 Å². The largest absolute Gasteiger partial charge is 0.383 e. The molecule has 1 atom stereocenters. The molecule has 0 saturated heterocycles. The molecular weight excluding hydrogens is 180 g/mol. The van der Waals surface area contributed by atoms with Crippen LogP contribution in [0.2, 0.25) is 0 Å². The van der Waals surface area contributed by atoms with Crippen LogP contribution in [0, 0.1) is 5.92 Å². The quantitative estimate of drug-likeness (QED) is 0.564. The van der Waals surface area contributed by atoms with E-state index in [9.17, 15) is 4.79 Å². The Morgan fingerprint density at radius 1 is 1.50 bits per heavy atom. The molecule has 0 fully saturated rings. The van der Waals surface area contributed by atoms with Crippen molar-refractivity contribution in [1.82, 2.24) is 5.32 Å². The van der Waals surface area contributed by atoms with Gasteiger partial charge in [-0.25, -0.2) is 0 Å². The molecule has 0 aromatic heterocycles. The molecule has 1 unspecified atom stereocenters. The topological polar surface area (TPSA) is 64.3 Å². The number of primary amides is 1. The number of hydrogen-bond donors (Lipinski definition) is 2. The van der Waals surface area contributed by atoms with Crippen LogP contribution in [-0.4, -0.2) is 32.2 Å². The Labute approximate surface area is 86.2 Å².